The standard InChI is InChI=1S/C24H25F4NO4/c25-17-1-5-19(6-2-17)32-15-23(31)11-9-22(10-12-23)13-14-29(21(22)30)18-3-7-20(8-4-18)33-16-24(26,27)28/h1-8,31H,9-16H2/t22-,23-. The van der Waals surface area contributed by atoms with Crippen molar-refractivity contribution < 1.29 is 36.9 Å². The minimum absolute atomic E-state index is 0.0343. The summed E-state index contributed by atoms with van der Waals surface area (Å²) in [6.45, 7) is -0.802. The van der Waals surface area contributed by atoms with Crippen LogP contribution in [0.4, 0.5) is 23.2 Å². The Balaban J connectivity index is 1.33. The average molecular weight is 467 g/mol. The number of halogens is 4. The maximum atomic E-state index is 13.2. The lowest BCUT2D eigenvalue weighted by molar-refractivity contribution is -0.153. The lowest BCUT2D eigenvalue weighted by Gasteiger charge is -2.40. The molecule has 1 N–H and O–H groups in total. The monoisotopic (exact) mass is 467 g/mol. The molecule has 2 fully saturated rings. The van der Waals surface area contributed by atoms with Crippen LogP contribution < -0.4 is 14.4 Å². The Morgan fingerprint density at radius 3 is 2.06 bits per heavy atom. The van der Waals surface area contributed by atoms with E-state index in [1.165, 1.54) is 36.4 Å². The second-order valence-corrected chi connectivity index (χ2v) is 8.85. The highest BCUT2D eigenvalue weighted by molar-refractivity contribution is 6.00. The van der Waals surface area contributed by atoms with Gasteiger partial charge in [0.1, 0.15) is 23.9 Å². The Kier molecular flexibility index (Phi) is 6.26. The second kappa shape index (κ2) is 8.85. The molecule has 1 aliphatic carbocycles. The van der Waals surface area contributed by atoms with Crippen LogP contribution in [0.1, 0.15) is 32.1 Å². The molecule has 0 radical (unpaired) electrons. The highest BCUT2D eigenvalue weighted by Gasteiger charge is 2.51. The molecule has 0 atom stereocenters. The predicted molar refractivity (Wildman–Crippen MR) is 113 cm³/mol. The van der Waals surface area contributed by atoms with Crippen molar-refractivity contribution >= 4 is 11.6 Å². The second-order valence-electron chi connectivity index (χ2n) is 8.85. The van der Waals surface area contributed by atoms with Gasteiger partial charge in [-0.3, -0.25) is 4.79 Å². The molecule has 0 bridgehead atoms. The van der Waals surface area contributed by atoms with E-state index >= 15 is 0 Å². The molecule has 178 valence electrons. The third-order valence-corrected chi connectivity index (χ3v) is 6.52. The van der Waals surface area contributed by atoms with Gasteiger partial charge in [0.05, 0.1) is 11.0 Å². The first-order valence-corrected chi connectivity index (χ1v) is 10.8. The van der Waals surface area contributed by atoms with Gasteiger partial charge in [-0.25, -0.2) is 4.39 Å². The minimum atomic E-state index is -4.41. The lowest BCUT2D eigenvalue weighted by Crippen LogP contribution is -2.46. The highest BCUT2D eigenvalue weighted by Crippen LogP contribution is 2.48. The zero-order chi connectivity index (χ0) is 23.7. The molecule has 1 saturated heterocycles. The Labute approximate surface area is 188 Å². The van der Waals surface area contributed by atoms with Crippen LogP contribution in [-0.2, 0) is 4.79 Å². The zero-order valence-corrected chi connectivity index (χ0v) is 17.9. The number of benzene rings is 2. The van der Waals surface area contributed by atoms with Crippen LogP contribution in [0.15, 0.2) is 48.5 Å². The summed E-state index contributed by atoms with van der Waals surface area (Å²) in [7, 11) is 0. The van der Waals surface area contributed by atoms with Gasteiger partial charge in [-0.1, -0.05) is 0 Å². The summed E-state index contributed by atoms with van der Waals surface area (Å²) in [4.78, 5) is 14.9. The van der Waals surface area contributed by atoms with Gasteiger partial charge in [0.25, 0.3) is 0 Å². The van der Waals surface area contributed by atoms with E-state index in [2.05, 4.69) is 0 Å². The predicted octanol–water partition coefficient (Wildman–Crippen LogP) is 4.87. The van der Waals surface area contributed by atoms with Crippen molar-refractivity contribution in [2.24, 2.45) is 5.41 Å². The fraction of sp³-hybridized carbons (Fsp3) is 0.458. The van der Waals surface area contributed by atoms with E-state index in [1.54, 1.807) is 17.0 Å². The van der Waals surface area contributed by atoms with Crippen molar-refractivity contribution in [1.29, 1.82) is 0 Å². The van der Waals surface area contributed by atoms with E-state index in [4.69, 9.17) is 9.47 Å². The molecule has 2 aliphatic rings. The summed E-state index contributed by atoms with van der Waals surface area (Å²) in [5, 5.41) is 10.9. The molecular formula is C24H25F4NO4. The number of hydrogen-bond donors (Lipinski definition) is 1. The van der Waals surface area contributed by atoms with Crippen molar-refractivity contribution in [1.82, 2.24) is 0 Å². The molecule has 33 heavy (non-hydrogen) atoms. The quantitative estimate of drug-likeness (QED) is 0.616. The van der Waals surface area contributed by atoms with Gasteiger partial charge in [-0.2, -0.15) is 13.2 Å². The first kappa shape index (κ1) is 23.4. The maximum Gasteiger partial charge on any atom is 0.422 e. The molecule has 5 nitrogen and oxygen atoms in total. The molecule has 9 heteroatoms. The zero-order valence-electron chi connectivity index (χ0n) is 17.9. The Bertz CT molecular complexity index is 967. The molecule has 1 saturated carbocycles. The summed E-state index contributed by atoms with van der Waals surface area (Å²) < 4.78 is 60.3. The molecule has 1 amide bonds. The van der Waals surface area contributed by atoms with E-state index in [0.717, 1.165) is 0 Å². The van der Waals surface area contributed by atoms with Crippen LogP contribution in [0.2, 0.25) is 0 Å². The molecular weight excluding hydrogens is 442 g/mol. The number of amides is 1. The largest absolute Gasteiger partial charge is 0.491 e. The van der Waals surface area contributed by atoms with Crippen LogP contribution in [0.5, 0.6) is 11.5 Å². The van der Waals surface area contributed by atoms with Crippen LogP contribution in [0.25, 0.3) is 0 Å². The maximum absolute atomic E-state index is 13.2. The third-order valence-electron chi connectivity index (χ3n) is 6.52. The number of ether oxygens (including phenoxy) is 2. The first-order chi connectivity index (χ1) is 15.6. The van der Waals surface area contributed by atoms with E-state index < -0.39 is 23.8 Å². The van der Waals surface area contributed by atoms with Gasteiger partial charge in [0, 0.05) is 12.2 Å². The third kappa shape index (κ3) is 5.40. The van der Waals surface area contributed by atoms with E-state index in [9.17, 15) is 27.5 Å². The summed E-state index contributed by atoms with van der Waals surface area (Å²) in [6, 6.07) is 11.6. The number of alkyl halides is 3. The summed E-state index contributed by atoms with van der Waals surface area (Å²) >= 11 is 0. The van der Waals surface area contributed by atoms with Crippen molar-refractivity contribution in [2.45, 2.75) is 43.9 Å². The van der Waals surface area contributed by atoms with Crippen LogP contribution in [-0.4, -0.2) is 42.5 Å². The molecule has 0 unspecified atom stereocenters. The van der Waals surface area contributed by atoms with Crippen molar-refractivity contribution in [3.8, 4) is 11.5 Å². The highest BCUT2D eigenvalue weighted by atomic mass is 19.4. The van der Waals surface area contributed by atoms with Crippen LogP contribution in [0, 0.1) is 11.2 Å². The number of nitrogens with zero attached hydrogens (tertiary/aromatic N) is 1. The van der Waals surface area contributed by atoms with E-state index in [1.807, 2.05) is 0 Å². The van der Waals surface area contributed by atoms with Crippen LogP contribution >= 0.6 is 0 Å². The molecule has 1 heterocycles. The summed E-state index contributed by atoms with van der Waals surface area (Å²) in [5.41, 5.74) is -1.02. The van der Waals surface area contributed by atoms with Gasteiger partial charge in [-0.05, 0) is 80.6 Å². The molecule has 1 aliphatic heterocycles. The van der Waals surface area contributed by atoms with Gasteiger partial charge in [-0.15, -0.1) is 0 Å². The van der Waals surface area contributed by atoms with Gasteiger partial charge in [0.2, 0.25) is 5.91 Å². The van der Waals surface area contributed by atoms with Gasteiger partial charge < -0.3 is 19.5 Å². The Hall–Kier alpha value is -2.81. The van der Waals surface area contributed by atoms with Crippen molar-refractivity contribution in [2.75, 3.05) is 24.7 Å². The van der Waals surface area contributed by atoms with Crippen molar-refractivity contribution in [3.05, 3.63) is 54.3 Å². The SMILES string of the molecule is O=C1N(c2ccc(OCC(F)(F)F)cc2)CC[C@]12CC[C@](O)(COc1ccc(F)cc1)CC2. The van der Waals surface area contributed by atoms with Crippen LogP contribution in [0.3, 0.4) is 0 Å². The Morgan fingerprint density at radius 2 is 1.45 bits per heavy atom. The van der Waals surface area contributed by atoms with Gasteiger partial charge >= 0.3 is 6.18 Å². The molecule has 0 aromatic heterocycles. The Morgan fingerprint density at radius 1 is 0.879 bits per heavy atom. The minimum Gasteiger partial charge on any atom is -0.491 e. The van der Waals surface area contributed by atoms with Crippen molar-refractivity contribution in [3.63, 3.8) is 0 Å². The molecule has 4 rings (SSSR count). The number of rotatable bonds is 6. The smallest absolute Gasteiger partial charge is 0.422 e. The lowest BCUT2D eigenvalue weighted by atomic mass is 9.68. The number of hydrogen-bond acceptors (Lipinski definition) is 4. The fourth-order valence-corrected chi connectivity index (χ4v) is 4.51. The fourth-order valence-electron chi connectivity index (χ4n) is 4.51. The van der Waals surface area contributed by atoms with E-state index in [-0.39, 0.29) is 24.1 Å². The molecule has 2 aromatic carbocycles. The number of carbonyl (C=O) groups excluding carboxylic acids is 1. The summed E-state index contributed by atoms with van der Waals surface area (Å²) in [5.74, 6) is 0.151. The molecule has 2 aromatic rings. The number of anilines is 1. The topological polar surface area (TPSA) is 59.0 Å². The average Bonchev–Trinajstić information content (AvgIpc) is 3.10. The number of carbonyl (C=O) groups is 1. The number of aliphatic hydroxyl groups is 1. The summed E-state index contributed by atoms with van der Waals surface area (Å²) in [6.07, 6.45) is -1.94. The van der Waals surface area contributed by atoms with E-state index in [0.29, 0.717) is 50.1 Å². The first-order valence-electron chi connectivity index (χ1n) is 10.8. The molecule has 1 spiro atoms. The van der Waals surface area contributed by atoms with Gasteiger partial charge in [0.15, 0.2) is 6.61 Å². The normalized spacial score (nSPS) is 25.5.